The van der Waals surface area contributed by atoms with E-state index >= 15 is 0 Å². The zero-order chi connectivity index (χ0) is 30.9. The van der Waals surface area contributed by atoms with Crippen molar-refractivity contribution in [3.05, 3.63) is 103 Å². The first-order valence-electron chi connectivity index (χ1n) is 13.4. The van der Waals surface area contributed by atoms with Crippen LogP contribution in [0.4, 0.5) is 28.7 Å². The Hall–Kier alpha value is -5.08. The number of nitrogens with one attached hydrogen (secondary N) is 3. The van der Waals surface area contributed by atoms with Gasteiger partial charge >= 0.3 is 0 Å². The molecular formula is C31H30N6O6S. The van der Waals surface area contributed by atoms with Crippen molar-refractivity contribution < 1.29 is 27.9 Å². The van der Waals surface area contributed by atoms with Gasteiger partial charge in [0.1, 0.15) is 18.0 Å². The van der Waals surface area contributed by atoms with Crippen LogP contribution in [0.15, 0.2) is 97.1 Å². The molecule has 13 heteroatoms. The molecule has 0 aliphatic carbocycles. The minimum Gasteiger partial charge on any atom is -0.497 e. The molecule has 0 spiro atoms. The lowest BCUT2D eigenvalue weighted by Crippen LogP contribution is -2.28. The average molecular weight is 615 g/mol. The highest BCUT2D eigenvalue weighted by Gasteiger charge is 2.23. The highest BCUT2D eigenvalue weighted by Crippen LogP contribution is 2.36. The molecule has 4 aromatic carbocycles. The lowest BCUT2D eigenvalue weighted by molar-refractivity contribution is -0.118. The number of carbonyl (C=O) groups excluding carboxylic acids is 1. The average Bonchev–Trinajstić information content (AvgIpc) is 3.03. The molecule has 1 aromatic heterocycles. The third-order valence-electron chi connectivity index (χ3n) is 6.30. The van der Waals surface area contributed by atoms with Crippen LogP contribution in [0, 0.1) is 0 Å². The molecule has 1 heterocycles. The zero-order valence-electron chi connectivity index (χ0n) is 23.9. The van der Waals surface area contributed by atoms with Crippen LogP contribution in [-0.2, 0) is 27.5 Å². The van der Waals surface area contributed by atoms with Crippen LogP contribution < -0.4 is 29.9 Å². The number of carbonyl (C=O) groups is 1. The lowest BCUT2D eigenvalue weighted by Gasteiger charge is -2.23. The Morgan fingerprint density at radius 2 is 1.52 bits per heavy atom. The maximum absolute atomic E-state index is 12.9. The molecule has 44 heavy (non-hydrogen) atoms. The third-order valence-corrected chi connectivity index (χ3v) is 6.99. The number of ether oxygens (including phenoxy) is 2. The number of aromatic nitrogens is 2. The van der Waals surface area contributed by atoms with Crippen LogP contribution >= 0.6 is 0 Å². The number of rotatable bonds is 13. The van der Waals surface area contributed by atoms with E-state index in [1.165, 1.54) is 14.2 Å². The molecule has 4 N–H and O–H groups in total. The molecule has 1 unspecified atom stereocenters. The van der Waals surface area contributed by atoms with Crippen molar-refractivity contribution in [2.45, 2.75) is 6.61 Å². The zero-order valence-corrected chi connectivity index (χ0v) is 24.7. The van der Waals surface area contributed by atoms with Crippen LogP contribution in [0.3, 0.4) is 0 Å². The molecule has 0 saturated heterocycles. The molecular weight excluding hydrogens is 584 g/mol. The topological polar surface area (TPSA) is 147 Å². The number of benzene rings is 4. The molecule has 226 valence electrons. The van der Waals surface area contributed by atoms with E-state index in [1.54, 1.807) is 60.7 Å². The number of anilines is 5. The third kappa shape index (κ3) is 7.65. The smallest absolute Gasteiger partial charge is 0.268 e. The molecule has 5 rings (SSSR count). The maximum Gasteiger partial charge on any atom is 0.268 e. The van der Waals surface area contributed by atoms with Crippen LogP contribution in [0.1, 0.15) is 5.56 Å². The van der Waals surface area contributed by atoms with Crippen molar-refractivity contribution in [3.8, 4) is 11.5 Å². The highest BCUT2D eigenvalue weighted by molar-refractivity contribution is 7.81. The number of amides is 1. The van der Waals surface area contributed by atoms with Gasteiger partial charge in [0.2, 0.25) is 5.91 Å². The van der Waals surface area contributed by atoms with Gasteiger partial charge in [-0.3, -0.25) is 14.2 Å². The summed E-state index contributed by atoms with van der Waals surface area (Å²) >= 11 is -2.58. The summed E-state index contributed by atoms with van der Waals surface area (Å²) in [5.74, 6) is 0.981. The van der Waals surface area contributed by atoms with Crippen molar-refractivity contribution >= 4 is 56.9 Å². The Morgan fingerprint density at radius 3 is 2.20 bits per heavy atom. The molecule has 0 bridgehead atoms. The minimum absolute atomic E-state index is 0.0748. The second-order valence-electron chi connectivity index (χ2n) is 9.33. The normalized spacial score (nSPS) is 11.5. The first kappa shape index (κ1) is 30.4. The maximum atomic E-state index is 12.9. The summed E-state index contributed by atoms with van der Waals surface area (Å²) in [6.45, 7) is 0.188. The molecule has 1 atom stereocenters. The summed E-state index contributed by atoms with van der Waals surface area (Å²) in [6, 6.07) is 28.4. The Morgan fingerprint density at radius 1 is 0.841 bits per heavy atom. The van der Waals surface area contributed by atoms with E-state index < -0.39 is 11.3 Å². The van der Waals surface area contributed by atoms with Crippen LogP contribution in [0.2, 0.25) is 0 Å². The number of hydroxylamine groups is 1. The number of para-hydroxylation sites is 2. The van der Waals surface area contributed by atoms with Gasteiger partial charge in [-0.25, -0.2) is 18.5 Å². The second kappa shape index (κ2) is 14.4. The molecule has 5 aromatic rings. The molecule has 0 aliphatic rings. The summed E-state index contributed by atoms with van der Waals surface area (Å²) in [6.07, 6.45) is 0. The lowest BCUT2D eigenvalue weighted by atomic mass is 10.2. The number of hydrogen-bond acceptors (Lipinski definition) is 9. The van der Waals surface area contributed by atoms with E-state index in [1.807, 2.05) is 36.4 Å². The van der Waals surface area contributed by atoms with E-state index in [2.05, 4.69) is 16.1 Å². The molecule has 0 radical (unpaired) electrons. The van der Waals surface area contributed by atoms with E-state index in [-0.39, 0.29) is 29.8 Å². The van der Waals surface area contributed by atoms with Crippen molar-refractivity contribution in [1.82, 2.24) is 15.4 Å². The second-order valence-corrected chi connectivity index (χ2v) is 10.2. The quantitative estimate of drug-likeness (QED) is 0.0780. The predicted molar refractivity (Wildman–Crippen MR) is 170 cm³/mol. The van der Waals surface area contributed by atoms with Gasteiger partial charge in [0, 0.05) is 29.6 Å². The summed E-state index contributed by atoms with van der Waals surface area (Å²) in [4.78, 5) is 27.4. The Labute approximate surface area is 256 Å². The number of hydrogen-bond donors (Lipinski definition) is 4. The van der Waals surface area contributed by atoms with E-state index in [0.29, 0.717) is 40.5 Å². The summed E-state index contributed by atoms with van der Waals surface area (Å²) in [5, 5.41) is 5.96. The van der Waals surface area contributed by atoms with E-state index in [9.17, 15) is 13.6 Å². The van der Waals surface area contributed by atoms with E-state index in [4.69, 9.17) is 24.3 Å². The van der Waals surface area contributed by atoms with Crippen molar-refractivity contribution in [1.29, 1.82) is 0 Å². The standard InChI is InChI=1S/C31H30N6O6S/c1-41-25-16-23(17-26(18-25)42-2)34-30-31(36-28-14-7-6-13-27(28)35-30)37(44(39)40)24-12-8-11-22(15-24)33-29(38)19-32-43-20-21-9-4-3-5-10-21/h3-18,32H,19-20H2,1-2H3,(H,33,38)(H,34,35)(H,39,40). The summed E-state index contributed by atoms with van der Waals surface area (Å²) in [7, 11) is 3.08. The van der Waals surface area contributed by atoms with Gasteiger partial charge in [-0.15, -0.1) is 0 Å². The fourth-order valence-corrected chi connectivity index (χ4v) is 4.83. The van der Waals surface area contributed by atoms with E-state index in [0.717, 1.165) is 9.87 Å². The molecule has 12 nitrogen and oxygen atoms in total. The van der Waals surface area contributed by atoms with Gasteiger partial charge in [-0.1, -0.05) is 48.5 Å². The van der Waals surface area contributed by atoms with Gasteiger partial charge in [0.25, 0.3) is 11.3 Å². The van der Waals surface area contributed by atoms with Gasteiger partial charge in [-0.2, -0.15) is 5.48 Å². The van der Waals surface area contributed by atoms with Gasteiger partial charge in [-0.05, 0) is 35.9 Å². The molecule has 0 saturated carbocycles. The van der Waals surface area contributed by atoms with Crippen molar-refractivity contribution in [3.63, 3.8) is 0 Å². The van der Waals surface area contributed by atoms with Crippen LogP contribution in [0.25, 0.3) is 11.0 Å². The summed E-state index contributed by atoms with van der Waals surface area (Å²) < 4.78 is 35.2. The number of nitrogens with zero attached hydrogens (tertiary/aromatic N) is 3. The van der Waals surface area contributed by atoms with Gasteiger partial charge in [0.05, 0.1) is 37.5 Å². The van der Waals surface area contributed by atoms with Gasteiger partial charge in [0.15, 0.2) is 11.6 Å². The molecule has 0 aliphatic heterocycles. The van der Waals surface area contributed by atoms with Crippen molar-refractivity contribution in [2.75, 3.05) is 35.7 Å². The fraction of sp³-hybridized carbons (Fsp3) is 0.129. The van der Waals surface area contributed by atoms with Crippen LogP contribution in [0.5, 0.6) is 11.5 Å². The molecule has 1 amide bonds. The fourth-order valence-electron chi connectivity index (χ4n) is 4.26. The monoisotopic (exact) mass is 614 g/mol. The first-order chi connectivity index (χ1) is 21.4. The minimum atomic E-state index is -2.58. The number of methoxy groups -OCH3 is 2. The largest absolute Gasteiger partial charge is 0.497 e. The highest BCUT2D eigenvalue weighted by atomic mass is 32.2. The Bertz CT molecular complexity index is 1750. The molecule has 0 fully saturated rings. The Kier molecular flexibility index (Phi) is 9.94. The predicted octanol–water partition coefficient (Wildman–Crippen LogP) is 5.33. The Balaban J connectivity index is 1.40. The SMILES string of the molecule is COc1cc(Nc2nc3ccccc3nc2N(c2cccc(NC(=O)CNOCc3ccccc3)c2)S(=O)O)cc(OC)c1. The van der Waals surface area contributed by atoms with Crippen molar-refractivity contribution in [2.24, 2.45) is 0 Å². The summed E-state index contributed by atoms with van der Waals surface area (Å²) in [5.41, 5.74) is 5.92. The van der Waals surface area contributed by atoms with Crippen LogP contribution in [-0.4, -0.2) is 45.4 Å². The first-order valence-corrected chi connectivity index (χ1v) is 14.5. The number of fused-ring (bicyclic) bond motifs is 1. The van der Waals surface area contributed by atoms with Gasteiger partial charge < -0.3 is 20.1 Å².